The number of hydrogen-bond donors (Lipinski definition) is 1. The maximum atomic E-state index is 3.56. The second-order valence-corrected chi connectivity index (χ2v) is 5.62. The minimum Gasteiger partial charge on any atom is -0.383 e. The lowest BCUT2D eigenvalue weighted by atomic mass is 10.0. The zero-order valence-electron chi connectivity index (χ0n) is 10.8. The third kappa shape index (κ3) is 3.65. The molecular weight excluding hydrogens is 228 g/mol. The predicted octanol–water partition coefficient (Wildman–Crippen LogP) is 3.30. The monoisotopic (exact) mass is 250 g/mol. The highest BCUT2D eigenvalue weighted by Gasteiger charge is 2.18. The molecule has 1 saturated heterocycles. The van der Waals surface area contributed by atoms with Crippen molar-refractivity contribution >= 4 is 17.4 Å². The van der Waals surface area contributed by atoms with E-state index in [4.69, 9.17) is 0 Å². The van der Waals surface area contributed by atoms with Crippen molar-refractivity contribution < 1.29 is 0 Å². The fourth-order valence-electron chi connectivity index (χ4n) is 2.37. The minimum atomic E-state index is 0.696. The van der Waals surface area contributed by atoms with Gasteiger partial charge in [0.15, 0.2) is 0 Å². The second-order valence-electron chi connectivity index (χ2n) is 4.74. The van der Waals surface area contributed by atoms with Gasteiger partial charge in [-0.3, -0.25) is 0 Å². The summed E-state index contributed by atoms with van der Waals surface area (Å²) in [6.45, 7) is 2.31. The van der Waals surface area contributed by atoms with Crippen LogP contribution in [0.4, 0.5) is 5.69 Å². The van der Waals surface area contributed by atoms with E-state index in [-0.39, 0.29) is 0 Å². The third-order valence-electron chi connectivity index (χ3n) is 3.53. The number of hydrogen-bond acceptors (Lipinski definition) is 3. The lowest BCUT2D eigenvalue weighted by molar-refractivity contribution is 0.194. The largest absolute Gasteiger partial charge is 0.383 e. The molecule has 17 heavy (non-hydrogen) atoms. The van der Waals surface area contributed by atoms with Gasteiger partial charge in [0.1, 0.15) is 0 Å². The normalized spacial score (nSPS) is 21.4. The molecule has 2 nitrogen and oxygen atoms in total. The molecule has 0 saturated carbocycles. The van der Waals surface area contributed by atoms with Crippen molar-refractivity contribution in [3.8, 4) is 0 Å². The fraction of sp³-hybridized carbons (Fsp3) is 0.571. The molecule has 1 aliphatic heterocycles. The fourth-order valence-corrected chi connectivity index (χ4v) is 2.83. The molecule has 0 spiro atoms. The van der Waals surface area contributed by atoms with Gasteiger partial charge < -0.3 is 10.2 Å². The maximum absolute atomic E-state index is 3.56. The van der Waals surface area contributed by atoms with E-state index in [0.29, 0.717) is 6.04 Å². The second kappa shape index (κ2) is 6.31. The number of likely N-dealkylation sites (N-methyl/N-ethyl adjacent to an activating group) is 1. The third-order valence-corrected chi connectivity index (χ3v) is 4.26. The van der Waals surface area contributed by atoms with Crippen LogP contribution in [0.25, 0.3) is 0 Å². The SMILES string of the molecule is CSc1cccc(NCC2CCCCN2C)c1. The summed E-state index contributed by atoms with van der Waals surface area (Å²) < 4.78 is 0. The predicted molar refractivity (Wildman–Crippen MR) is 77.0 cm³/mol. The average molecular weight is 250 g/mol. The number of benzene rings is 1. The van der Waals surface area contributed by atoms with Crippen molar-refractivity contribution in [3.05, 3.63) is 24.3 Å². The van der Waals surface area contributed by atoms with E-state index >= 15 is 0 Å². The number of anilines is 1. The zero-order chi connectivity index (χ0) is 12.1. The molecule has 0 aromatic heterocycles. The number of piperidine rings is 1. The summed E-state index contributed by atoms with van der Waals surface area (Å²) in [4.78, 5) is 3.81. The topological polar surface area (TPSA) is 15.3 Å². The van der Waals surface area contributed by atoms with Crippen LogP contribution in [0.3, 0.4) is 0 Å². The molecule has 1 aliphatic rings. The maximum Gasteiger partial charge on any atom is 0.0351 e. The molecule has 1 aromatic carbocycles. The minimum absolute atomic E-state index is 0.696. The summed E-state index contributed by atoms with van der Waals surface area (Å²) >= 11 is 1.79. The van der Waals surface area contributed by atoms with Crippen molar-refractivity contribution in [2.75, 3.05) is 31.7 Å². The van der Waals surface area contributed by atoms with Crippen LogP contribution in [0.5, 0.6) is 0 Å². The van der Waals surface area contributed by atoms with Gasteiger partial charge in [0.25, 0.3) is 0 Å². The Morgan fingerprint density at radius 3 is 3.06 bits per heavy atom. The number of rotatable bonds is 4. The Bertz CT molecular complexity index is 354. The molecule has 1 aromatic rings. The number of nitrogens with one attached hydrogen (secondary N) is 1. The van der Waals surface area contributed by atoms with Crippen LogP contribution in [-0.4, -0.2) is 37.3 Å². The Kier molecular flexibility index (Phi) is 4.75. The molecular formula is C14H22N2S. The smallest absolute Gasteiger partial charge is 0.0351 e. The van der Waals surface area contributed by atoms with Gasteiger partial charge in [-0.05, 0) is 50.9 Å². The molecule has 1 unspecified atom stereocenters. The first kappa shape index (κ1) is 12.8. The lowest BCUT2D eigenvalue weighted by Crippen LogP contribution is -2.40. The van der Waals surface area contributed by atoms with Crippen molar-refractivity contribution in [1.29, 1.82) is 0 Å². The molecule has 1 fully saturated rings. The van der Waals surface area contributed by atoms with Gasteiger partial charge in [0, 0.05) is 23.2 Å². The van der Waals surface area contributed by atoms with Gasteiger partial charge >= 0.3 is 0 Å². The van der Waals surface area contributed by atoms with E-state index < -0.39 is 0 Å². The van der Waals surface area contributed by atoms with Crippen LogP contribution >= 0.6 is 11.8 Å². The molecule has 0 radical (unpaired) electrons. The molecule has 1 atom stereocenters. The van der Waals surface area contributed by atoms with Crippen LogP contribution in [0, 0.1) is 0 Å². The Hall–Kier alpha value is -0.670. The molecule has 3 heteroatoms. The van der Waals surface area contributed by atoms with Crippen molar-refractivity contribution in [2.45, 2.75) is 30.2 Å². The van der Waals surface area contributed by atoms with Gasteiger partial charge in [-0.15, -0.1) is 11.8 Å². The quantitative estimate of drug-likeness (QED) is 0.825. The van der Waals surface area contributed by atoms with E-state index in [1.54, 1.807) is 11.8 Å². The summed E-state index contributed by atoms with van der Waals surface area (Å²) in [6, 6.07) is 9.36. The molecule has 1 heterocycles. The summed E-state index contributed by atoms with van der Waals surface area (Å²) in [5, 5.41) is 3.56. The lowest BCUT2D eigenvalue weighted by Gasteiger charge is -2.32. The van der Waals surface area contributed by atoms with Crippen molar-refractivity contribution in [3.63, 3.8) is 0 Å². The number of nitrogens with zero attached hydrogens (tertiary/aromatic N) is 1. The van der Waals surface area contributed by atoms with E-state index in [1.807, 2.05) is 0 Å². The van der Waals surface area contributed by atoms with Crippen LogP contribution in [0.1, 0.15) is 19.3 Å². The van der Waals surface area contributed by atoms with Gasteiger partial charge in [0.2, 0.25) is 0 Å². The Balaban J connectivity index is 1.88. The van der Waals surface area contributed by atoms with Crippen LogP contribution in [-0.2, 0) is 0 Å². The standard InChI is InChI=1S/C14H22N2S/c1-16-9-4-3-7-13(16)11-15-12-6-5-8-14(10-12)17-2/h5-6,8,10,13,15H,3-4,7,9,11H2,1-2H3. The van der Waals surface area contributed by atoms with Crippen LogP contribution in [0.15, 0.2) is 29.2 Å². The number of likely N-dealkylation sites (tertiary alicyclic amines) is 1. The van der Waals surface area contributed by atoms with E-state index in [1.165, 1.54) is 36.4 Å². The highest BCUT2D eigenvalue weighted by Crippen LogP contribution is 2.20. The first-order valence-corrected chi connectivity index (χ1v) is 7.60. The number of thioether (sulfide) groups is 1. The van der Waals surface area contributed by atoms with Gasteiger partial charge in [-0.2, -0.15) is 0 Å². The molecule has 2 rings (SSSR count). The first-order chi connectivity index (χ1) is 8.29. The van der Waals surface area contributed by atoms with E-state index in [0.717, 1.165) is 6.54 Å². The summed E-state index contributed by atoms with van der Waals surface area (Å²) in [5.41, 5.74) is 1.25. The molecule has 94 valence electrons. The van der Waals surface area contributed by atoms with Crippen LogP contribution in [0.2, 0.25) is 0 Å². The van der Waals surface area contributed by atoms with Crippen molar-refractivity contribution in [1.82, 2.24) is 4.90 Å². The van der Waals surface area contributed by atoms with Crippen LogP contribution < -0.4 is 5.32 Å². The molecule has 0 bridgehead atoms. The highest BCUT2D eigenvalue weighted by molar-refractivity contribution is 7.98. The highest BCUT2D eigenvalue weighted by atomic mass is 32.2. The summed E-state index contributed by atoms with van der Waals surface area (Å²) in [5.74, 6) is 0. The average Bonchev–Trinajstić information content (AvgIpc) is 2.38. The Labute approximate surface area is 109 Å². The molecule has 0 amide bonds. The molecule has 0 aliphatic carbocycles. The molecule has 1 N–H and O–H groups in total. The first-order valence-electron chi connectivity index (χ1n) is 6.38. The summed E-state index contributed by atoms with van der Waals surface area (Å²) in [7, 11) is 2.24. The van der Waals surface area contributed by atoms with E-state index in [9.17, 15) is 0 Å². The Morgan fingerprint density at radius 1 is 1.41 bits per heavy atom. The van der Waals surface area contributed by atoms with Crippen molar-refractivity contribution in [2.24, 2.45) is 0 Å². The summed E-state index contributed by atoms with van der Waals surface area (Å²) in [6.07, 6.45) is 6.18. The Morgan fingerprint density at radius 2 is 2.29 bits per heavy atom. The van der Waals surface area contributed by atoms with Gasteiger partial charge in [-0.25, -0.2) is 0 Å². The van der Waals surface area contributed by atoms with E-state index in [2.05, 4.69) is 47.8 Å². The van der Waals surface area contributed by atoms with Gasteiger partial charge in [-0.1, -0.05) is 12.5 Å². The van der Waals surface area contributed by atoms with Gasteiger partial charge in [0.05, 0.1) is 0 Å². The zero-order valence-corrected chi connectivity index (χ0v) is 11.6.